The number of aromatic nitrogens is 4. The van der Waals surface area contributed by atoms with Crippen LogP contribution in [0.5, 0.6) is 0 Å². The molecule has 3 heterocycles. The Morgan fingerprint density at radius 1 is 1.15 bits per heavy atom. The maximum absolute atomic E-state index is 13.6. The number of ether oxygens (including phenoxy) is 1. The highest BCUT2D eigenvalue weighted by atomic mass is 32.2. The molecular formula is C23H23FN6O3S. The molecule has 2 aromatic heterocycles. The molecule has 1 aliphatic rings. The second-order valence-electron chi connectivity index (χ2n) is 8.08. The van der Waals surface area contributed by atoms with Gasteiger partial charge in [-0.05, 0) is 29.3 Å². The maximum atomic E-state index is 13.6. The molecular weight excluding hydrogens is 459 g/mol. The van der Waals surface area contributed by atoms with Gasteiger partial charge in [-0.2, -0.15) is 14.8 Å². The number of sulfonamides is 1. The molecule has 5 rings (SSSR count). The zero-order valence-corrected chi connectivity index (χ0v) is 19.3. The molecule has 0 radical (unpaired) electrons. The minimum Gasteiger partial charge on any atom is -0.375 e. The Hall–Kier alpha value is -3.41. The topological polar surface area (TPSA) is 111 Å². The van der Waals surface area contributed by atoms with Gasteiger partial charge in [0, 0.05) is 30.5 Å². The van der Waals surface area contributed by atoms with E-state index in [1.165, 1.54) is 12.1 Å². The van der Waals surface area contributed by atoms with Crippen molar-refractivity contribution in [3.63, 3.8) is 0 Å². The van der Waals surface area contributed by atoms with E-state index in [2.05, 4.69) is 15.1 Å². The lowest BCUT2D eigenvalue weighted by Gasteiger charge is -2.20. The summed E-state index contributed by atoms with van der Waals surface area (Å²) in [5.41, 5.74) is 4.09. The van der Waals surface area contributed by atoms with E-state index >= 15 is 0 Å². The van der Waals surface area contributed by atoms with Crippen molar-refractivity contribution < 1.29 is 17.5 Å². The van der Waals surface area contributed by atoms with Crippen molar-refractivity contribution in [1.82, 2.24) is 24.5 Å². The number of benzene rings is 2. The summed E-state index contributed by atoms with van der Waals surface area (Å²) < 4.78 is 46.4. The molecule has 0 spiro atoms. The van der Waals surface area contributed by atoms with Crippen molar-refractivity contribution in [2.45, 2.75) is 26.1 Å². The third-order valence-electron chi connectivity index (χ3n) is 5.58. The summed E-state index contributed by atoms with van der Waals surface area (Å²) in [5.74, 6) is 0.739. The first kappa shape index (κ1) is 22.4. The molecule has 11 heteroatoms. The van der Waals surface area contributed by atoms with Gasteiger partial charge in [-0.15, -0.1) is 0 Å². The van der Waals surface area contributed by atoms with Crippen molar-refractivity contribution in [1.29, 1.82) is 0 Å². The van der Waals surface area contributed by atoms with E-state index in [-0.39, 0.29) is 12.4 Å². The average molecular weight is 483 g/mol. The van der Waals surface area contributed by atoms with Crippen LogP contribution in [-0.4, -0.2) is 41.0 Å². The number of hydrogen-bond acceptors (Lipinski definition) is 7. The summed E-state index contributed by atoms with van der Waals surface area (Å²) in [5, 5.41) is 8.61. The van der Waals surface area contributed by atoms with Crippen molar-refractivity contribution in [2.24, 2.45) is 0 Å². The molecule has 0 fully saturated rings. The van der Waals surface area contributed by atoms with Crippen LogP contribution in [0.15, 0.2) is 48.7 Å². The Balaban J connectivity index is 1.52. The number of anilines is 1. The minimum absolute atomic E-state index is 0.154. The van der Waals surface area contributed by atoms with Gasteiger partial charge in [0.1, 0.15) is 11.6 Å². The van der Waals surface area contributed by atoms with E-state index in [1.54, 1.807) is 16.9 Å². The number of halogens is 1. The molecule has 2 N–H and O–H groups in total. The predicted octanol–water partition coefficient (Wildman–Crippen LogP) is 2.69. The molecule has 0 amide bonds. The highest BCUT2D eigenvalue weighted by Crippen LogP contribution is 2.26. The monoisotopic (exact) mass is 482 g/mol. The van der Waals surface area contributed by atoms with Crippen LogP contribution in [0, 0.1) is 5.82 Å². The van der Waals surface area contributed by atoms with Gasteiger partial charge in [0.05, 0.1) is 36.9 Å². The first-order chi connectivity index (χ1) is 16.4. The summed E-state index contributed by atoms with van der Waals surface area (Å²) in [7, 11) is -3.33. The lowest BCUT2D eigenvalue weighted by molar-refractivity contribution is 0.107. The molecule has 0 atom stereocenters. The number of fused-ring (bicyclic) bond motifs is 2. The van der Waals surface area contributed by atoms with Gasteiger partial charge in [0.25, 0.3) is 5.95 Å². The molecule has 2 aromatic carbocycles. The highest BCUT2D eigenvalue weighted by molar-refractivity contribution is 7.88. The zero-order chi connectivity index (χ0) is 23.7. The van der Waals surface area contributed by atoms with Crippen molar-refractivity contribution in [2.75, 3.05) is 18.2 Å². The Morgan fingerprint density at radius 3 is 2.82 bits per heavy atom. The normalized spacial score (nSPS) is 13.7. The summed E-state index contributed by atoms with van der Waals surface area (Å²) in [6.45, 7) is 1.50. The van der Waals surface area contributed by atoms with Gasteiger partial charge in [-0.1, -0.05) is 24.3 Å². The highest BCUT2D eigenvalue weighted by Gasteiger charge is 2.20. The van der Waals surface area contributed by atoms with Gasteiger partial charge in [-0.25, -0.2) is 22.5 Å². The molecule has 4 aromatic rings. The molecule has 34 heavy (non-hydrogen) atoms. The minimum atomic E-state index is -3.33. The number of nitrogens with zero attached hydrogens (tertiary/aromatic N) is 4. The number of rotatable bonds is 7. The molecule has 0 saturated heterocycles. The Labute approximate surface area is 196 Å². The Morgan fingerprint density at radius 2 is 2.00 bits per heavy atom. The van der Waals surface area contributed by atoms with Gasteiger partial charge in [0.2, 0.25) is 10.0 Å². The van der Waals surface area contributed by atoms with Crippen molar-refractivity contribution >= 4 is 26.7 Å². The first-order valence-electron chi connectivity index (χ1n) is 10.7. The third kappa shape index (κ3) is 4.76. The summed E-state index contributed by atoms with van der Waals surface area (Å²) >= 11 is 0. The molecule has 0 saturated carbocycles. The fourth-order valence-electron chi connectivity index (χ4n) is 3.95. The van der Waals surface area contributed by atoms with Crippen LogP contribution in [0.4, 0.5) is 10.2 Å². The Bertz CT molecular complexity index is 1470. The molecule has 1 aliphatic heterocycles. The van der Waals surface area contributed by atoms with Gasteiger partial charge in [0.15, 0.2) is 0 Å². The van der Waals surface area contributed by atoms with Crippen LogP contribution in [-0.2, 0) is 40.9 Å². The fourth-order valence-corrected chi connectivity index (χ4v) is 4.37. The average Bonchev–Trinajstić information content (AvgIpc) is 3.25. The fraction of sp³-hybridized carbons (Fsp3) is 0.261. The van der Waals surface area contributed by atoms with Crippen LogP contribution in [0.1, 0.15) is 22.4 Å². The predicted molar refractivity (Wildman–Crippen MR) is 125 cm³/mol. The van der Waals surface area contributed by atoms with Crippen LogP contribution in [0.3, 0.4) is 0 Å². The SMILES string of the molecule is CS(=O)(=O)NCc1cccc2c1cnn2-c1nc2c(c(NCc3cccc(F)c3)n1)CCOC2. The standard InChI is InChI=1S/C23H23FN6O3S/c1-34(31,32)27-12-16-5-3-7-21-19(16)13-26-30(21)23-28-20-14-33-9-8-18(20)22(29-23)25-11-15-4-2-6-17(24)10-15/h2-7,10,13,27H,8-9,11-12,14H2,1H3,(H,25,28,29). The van der Waals surface area contributed by atoms with Gasteiger partial charge in [-0.3, -0.25) is 0 Å². The molecule has 0 aliphatic carbocycles. The number of nitrogens with one attached hydrogen (secondary N) is 2. The van der Waals surface area contributed by atoms with E-state index in [1.807, 2.05) is 24.3 Å². The van der Waals surface area contributed by atoms with E-state index in [0.717, 1.165) is 39.5 Å². The van der Waals surface area contributed by atoms with Crippen LogP contribution in [0.2, 0.25) is 0 Å². The van der Waals surface area contributed by atoms with Crippen molar-refractivity contribution in [3.05, 3.63) is 76.9 Å². The summed E-state index contributed by atoms with van der Waals surface area (Å²) in [4.78, 5) is 9.45. The lowest BCUT2D eigenvalue weighted by atomic mass is 10.1. The van der Waals surface area contributed by atoms with Gasteiger partial charge < -0.3 is 10.1 Å². The summed E-state index contributed by atoms with van der Waals surface area (Å²) in [6, 6.07) is 12.0. The summed E-state index contributed by atoms with van der Waals surface area (Å²) in [6.07, 6.45) is 3.47. The molecule has 0 bridgehead atoms. The molecule has 0 unspecified atom stereocenters. The molecule has 9 nitrogen and oxygen atoms in total. The largest absolute Gasteiger partial charge is 0.375 e. The van der Waals surface area contributed by atoms with Crippen LogP contribution < -0.4 is 10.0 Å². The Kier molecular flexibility index (Phi) is 5.98. The van der Waals surface area contributed by atoms with Crippen molar-refractivity contribution in [3.8, 4) is 5.95 Å². The zero-order valence-electron chi connectivity index (χ0n) is 18.5. The van der Waals surface area contributed by atoms with Crippen LogP contribution >= 0.6 is 0 Å². The lowest BCUT2D eigenvalue weighted by Crippen LogP contribution is -2.21. The quantitative estimate of drug-likeness (QED) is 0.417. The first-order valence-corrected chi connectivity index (χ1v) is 12.6. The third-order valence-corrected chi connectivity index (χ3v) is 6.25. The van der Waals surface area contributed by atoms with E-state index in [4.69, 9.17) is 14.7 Å². The molecule has 176 valence electrons. The second-order valence-corrected chi connectivity index (χ2v) is 9.92. The smallest absolute Gasteiger partial charge is 0.253 e. The van der Waals surface area contributed by atoms with E-state index in [0.29, 0.717) is 37.9 Å². The second kappa shape index (κ2) is 9.09. The van der Waals surface area contributed by atoms with Gasteiger partial charge >= 0.3 is 0 Å². The van der Waals surface area contributed by atoms with E-state index < -0.39 is 10.0 Å². The van der Waals surface area contributed by atoms with Crippen LogP contribution in [0.25, 0.3) is 16.9 Å². The number of hydrogen-bond donors (Lipinski definition) is 2. The maximum Gasteiger partial charge on any atom is 0.253 e. The van der Waals surface area contributed by atoms with E-state index in [9.17, 15) is 12.8 Å².